The number of methoxy groups -OCH3 is 1. The molecule has 1 amide bonds. The van der Waals surface area contributed by atoms with Crippen LogP contribution in [0.1, 0.15) is 19.5 Å². The molecule has 6 nitrogen and oxygen atoms in total. The van der Waals surface area contributed by atoms with Crippen molar-refractivity contribution in [3.05, 3.63) is 46.7 Å². The van der Waals surface area contributed by atoms with E-state index in [1.54, 1.807) is 11.6 Å². The van der Waals surface area contributed by atoms with E-state index in [4.69, 9.17) is 9.72 Å². The van der Waals surface area contributed by atoms with Crippen molar-refractivity contribution in [2.75, 3.05) is 20.2 Å². The van der Waals surface area contributed by atoms with E-state index in [0.717, 1.165) is 22.7 Å². The van der Waals surface area contributed by atoms with Crippen molar-refractivity contribution in [1.82, 2.24) is 19.5 Å². The van der Waals surface area contributed by atoms with Crippen LogP contribution < -0.4 is 4.74 Å². The fourth-order valence-corrected chi connectivity index (χ4v) is 3.22. The number of amides is 1. The van der Waals surface area contributed by atoms with E-state index in [-0.39, 0.29) is 12.3 Å². The number of aromatic nitrogens is 3. The van der Waals surface area contributed by atoms with Gasteiger partial charge in [0.1, 0.15) is 10.4 Å². The van der Waals surface area contributed by atoms with E-state index in [0.29, 0.717) is 23.3 Å². The quantitative estimate of drug-likeness (QED) is 0.615. The molecular formula is C19H21BrN4O2. The van der Waals surface area contributed by atoms with Crippen molar-refractivity contribution in [3.63, 3.8) is 0 Å². The first-order valence-electron chi connectivity index (χ1n) is 8.53. The van der Waals surface area contributed by atoms with Crippen molar-refractivity contribution in [2.24, 2.45) is 0 Å². The van der Waals surface area contributed by atoms with Crippen LogP contribution in [0.15, 0.2) is 41.0 Å². The standard InChI is InChI=1S/C19H21BrN4O2/c1-4-23(5-2)18(25)12-15-19(13-6-8-14(26-3)9-7-13)21-17-11-10-16(20)22-24(15)17/h6-11H,4-5,12H2,1-3H3. The molecule has 3 rings (SSSR count). The predicted molar refractivity (Wildman–Crippen MR) is 104 cm³/mol. The molecule has 0 unspecified atom stereocenters. The third-order valence-electron chi connectivity index (χ3n) is 4.34. The van der Waals surface area contributed by atoms with Gasteiger partial charge >= 0.3 is 0 Å². The second-order valence-corrected chi connectivity index (χ2v) is 6.62. The van der Waals surface area contributed by atoms with Crippen LogP contribution in [-0.4, -0.2) is 45.6 Å². The minimum atomic E-state index is 0.0633. The van der Waals surface area contributed by atoms with Crippen molar-refractivity contribution in [1.29, 1.82) is 0 Å². The summed E-state index contributed by atoms with van der Waals surface area (Å²) in [5.74, 6) is 0.840. The molecule has 0 radical (unpaired) electrons. The second kappa shape index (κ2) is 7.86. The summed E-state index contributed by atoms with van der Waals surface area (Å²) in [6.07, 6.45) is 0.244. The summed E-state index contributed by atoms with van der Waals surface area (Å²) in [5, 5.41) is 4.49. The van der Waals surface area contributed by atoms with E-state index < -0.39 is 0 Å². The Morgan fingerprint density at radius 2 is 1.85 bits per heavy atom. The summed E-state index contributed by atoms with van der Waals surface area (Å²) >= 11 is 3.40. The Morgan fingerprint density at radius 1 is 1.15 bits per heavy atom. The zero-order valence-electron chi connectivity index (χ0n) is 15.1. The number of likely N-dealkylation sites (N-methyl/N-ethyl adjacent to an activating group) is 1. The highest BCUT2D eigenvalue weighted by Crippen LogP contribution is 2.27. The molecule has 2 heterocycles. The number of carbonyl (C=O) groups is 1. The van der Waals surface area contributed by atoms with Crippen LogP contribution in [0.25, 0.3) is 16.9 Å². The zero-order chi connectivity index (χ0) is 18.7. The van der Waals surface area contributed by atoms with Crippen molar-refractivity contribution in [3.8, 4) is 17.0 Å². The van der Waals surface area contributed by atoms with Gasteiger partial charge < -0.3 is 9.64 Å². The number of fused-ring (bicyclic) bond motifs is 1. The number of rotatable bonds is 6. The maximum atomic E-state index is 12.7. The average molecular weight is 417 g/mol. The average Bonchev–Trinajstić information content (AvgIpc) is 3.00. The van der Waals surface area contributed by atoms with Crippen LogP contribution in [0.5, 0.6) is 5.75 Å². The predicted octanol–water partition coefficient (Wildman–Crippen LogP) is 3.58. The minimum Gasteiger partial charge on any atom is -0.497 e. The van der Waals surface area contributed by atoms with Crippen LogP contribution in [0.4, 0.5) is 0 Å². The van der Waals surface area contributed by atoms with Gasteiger partial charge in [-0.3, -0.25) is 4.79 Å². The van der Waals surface area contributed by atoms with E-state index >= 15 is 0 Å². The van der Waals surface area contributed by atoms with E-state index in [9.17, 15) is 4.79 Å². The lowest BCUT2D eigenvalue weighted by molar-refractivity contribution is -0.130. The van der Waals surface area contributed by atoms with Gasteiger partial charge in [-0.15, -0.1) is 0 Å². The number of carbonyl (C=O) groups excluding carboxylic acids is 1. The number of imidazole rings is 1. The monoisotopic (exact) mass is 416 g/mol. The highest BCUT2D eigenvalue weighted by molar-refractivity contribution is 9.10. The molecule has 0 bridgehead atoms. The SMILES string of the molecule is CCN(CC)C(=O)Cc1c(-c2ccc(OC)cc2)nc2ccc(Br)nn12. The fraction of sp³-hybridized carbons (Fsp3) is 0.316. The summed E-state index contributed by atoms with van der Waals surface area (Å²) in [7, 11) is 1.63. The Morgan fingerprint density at radius 3 is 2.46 bits per heavy atom. The number of nitrogens with zero attached hydrogens (tertiary/aromatic N) is 4. The number of hydrogen-bond acceptors (Lipinski definition) is 4. The summed E-state index contributed by atoms with van der Waals surface area (Å²) < 4.78 is 7.67. The molecule has 7 heteroatoms. The zero-order valence-corrected chi connectivity index (χ0v) is 16.7. The Labute approximate surface area is 160 Å². The molecule has 136 valence electrons. The lowest BCUT2D eigenvalue weighted by atomic mass is 10.1. The molecule has 0 fully saturated rings. The summed E-state index contributed by atoms with van der Waals surface area (Å²) in [6.45, 7) is 5.33. The van der Waals surface area contributed by atoms with E-state index in [1.165, 1.54) is 0 Å². The number of halogens is 1. The molecule has 0 aliphatic carbocycles. The molecule has 0 aliphatic rings. The Kier molecular flexibility index (Phi) is 5.56. The maximum absolute atomic E-state index is 12.7. The number of hydrogen-bond donors (Lipinski definition) is 0. The van der Waals surface area contributed by atoms with Crippen LogP contribution in [0.2, 0.25) is 0 Å². The van der Waals surface area contributed by atoms with Gasteiger partial charge in [-0.2, -0.15) is 5.10 Å². The lowest BCUT2D eigenvalue weighted by Gasteiger charge is -2.18. The van der Waals surface area contributed by atoms with Gasteiger partial charge in [0.25, 0.3) is 0 Å². The van der Waals surface area contributed by atoms with Gasteiger partial charge in [0, 0.05) is 18.7 Å². The molecule has 0 aliphatic heterocycles. The second-order valence-electron chi connectivity index (χ2n) is 5.80. The molecule has 0 spiro atoms. The fourth-order valence-electron chi connectivity index (χ4n) is 2.93. The van der Waals surface area contributed by atoms with Crippen LogP contribution in [0.3, 0.4) is 0 Å². The molecule has 0 atom stereocenters. The molecule has 26 heavy (non-hydrogen) atoms. The summed E-state index contributed by atoms with van der Waals surface area (Å²) in [5.41, 5.74) is 3.18. The molecule has 0 saturated carbocycles. The van der Waals surface area contributed by atoms with Crippen molar-refractivity contribution < 1.29 is 9.53 Å². The van der Waals surface area contributed by atoms with Gasteiger partial charge in [-0.05, 0) is 66.2 Å². The molecular weight excluding hydrogens is 396 g/mol. The third kappa shape index (κ3) is 3.58. The first-order valence-corrected chi connectivity index (χ1v) is 9.33. The van der Waals surface area contributed by atoms with Crippen LogP contribution in [-0.2, 0) is 11.2 Å². The van der Waals surface area contributed by atoms with E-state index in [1.807, 2.05) is 55.1 Å². The largest absolute Gasteiger partial charge is 0.497 e. The molecule has 0 N–H and O–H groups in total. The Balaban J connectivity index is 2.10. The van der Waals surface area contributed by atoms with E-state index in [2.05, 4.69) is 21.0 Å². The highest BCUT2D eigenvalue weighted by atomic mass is 79.9. The summed E-state index contributed by atoms with van der Waals surface area (Å²) in [6, 6.07) is 11.4. The van der Waals surface area contributed by atoms with Gasteiger partial charge in [0.05, 0.1) is 24.9 Å². The molecule has 0 saturated heterocycles. The smallest absolute Gasteiger partial charge is 0.228 e. The first-order chi connectivity index (χ1) is 12.6. The van der Waals surface area contributed by atoms with Crippen LogP contribution in [0, 0.1) is 0 Å². The van der Waals surface area contributed by atoms with Gasteiger partial charge in [-0.25, -0.2) is 9.50 Å². The Hall–Kier alpha value is -2.41. The molecule has 3 aromatic rings. The maximum Gasteiger partial charge on any atom is 0.228 e. The minimum absolute atomic E-state index is 0.0633. The first kappa shape index (κ1) is 18.4. The number of ether oxygens (including phenoxy) is 1. The van der Waals surface area contributed by atoms with Gasteiger partial charge in [0.15, 0.2) is 5.65 Å². The third-order valence-corrected chi connectivity index (χ3v) is 4.76. The highest BCUT2D eigenvalue weighted by Gasteiger charge is 2.20. The van der Waals surface area contributed by atoms with Crippen molar-refractivity contribution in [2.45, 2.75) is 20.3 Å². The topological polar surface area (TPSA) is 59.7 Å². The van der Waals surface area contributed by atoms with Crippen LogP contribution >= 0.6 is 15.9 Å². The number of benzene rings is 1. The van der Waals surface area contributed by atoms with Gasteiger partial charge in [-0.1, -0.05) is 0 Å². The summed E-state index contributed by atoms with van der Waals surface area (Å²) in [4.78, 5) is 19.2. The lowest BCUT2D eigenvalue weighted by Crippen LogP contribution is -2.32. The molecule has 1 aromatic carbocycles. The van der Waals surface area contributed by atoms with Gasteiger partial charge in [0.2, 0.25) is 5.91 Å². The van der Waals surface area contributed by atoms with Crippen molar-refractivity contribution >= 4 is 27.5 Å². The molecule has 2 aromatic heterocycles. The normalized spacial score (nSPS) is 10.9. The Bertz CT molecular complexity index is 917.